The number of carboxylic acid groups (broad SMARTS) is 1. The van der Waals surface area contributed by atoms with Crippen molar-refractivity contribution in [1.82, 2.24) is 10.2 Å². The standard InChI is InChI=1S/C12H22N2O3/c1-8-4-5-10(6-8)7-13-12(17)14(3)9(2)11(15)16/h8-10H,4-7H2,1-3H3,(H,13,17)(H,15,16). The SMILES string of the molecule is CC1CCC(CNC(=O)N(C)C(C)C(=O)O)C1. The Morgan fingerprint density at radius 3 is 2.59 bits per heavy atom. The van der Waals surface area contributed by atoms with Crippen LogP contribution in [0.1, 0.15) is 33.1 Å². The van der Waals surface area contributed by atoms with Gasteiger partial charge in [-0.3, -0.25) is 0 Å². The van der Waals surface area contributed by atoms with Crippen LogP contribution in [0.2, 0.25) is 0 Å². The Hall–Kier alpha value is -1.26. The molecule has 0 aromatic rings. The van der Waals surface area contributed by atoms with Gasteiger partial charge in [-0.1, -0.05) is 13.3 Å². The number of hydrogen-bond acceptors (Lipinski definition) is 2. The molecule has 5 nitrogen and oxygen atoms in total. The molecule has 1 aliphatic carbocycles. The van der Waals surface area contributed by atoms with E-state index in [0.29, 0.717) is 12.5 Å². The Labute approximate surface area is 102 Å². The average molecular weight is 242 g/mol. The van der Waals surface area contributed by atoms with Gasteiger partial charge in [0.05, 0.1) is 0 Å². The van der Waals surface area contributed by atoms with E-state index in [1.165, 1.54) is 25.3 Å². The fraction of sp³-hybridized carbons (Fsp3) is 0.833. The van der Waals surface area contributed by atoms with Gasteiger partial charge in [-0.05, 0) is 31.6 Å². The van der Waals surface area contributed by atoms with Crippen LogP contribution in [0.3, 0.4) is 0 Å². The molecule has 0 aromatic heterocycles. The van der Waals surface area contributed by atoms with Gasteiger partial charge in [0.1, 0.15) is 6.04 Å². The van der Waals surface area contributed by atoms with Crippen molar-refractivity contribution in [1.29, 1.82) is 0 Å². The first-order valence-corrected chi connectivity index (χ1v) is 6.15. The van der Waals surface area contributed by atoms with E-state index in [2.05, 4.69) is 12.2 Å². The van der Waals surface area contributed by atoms with Gasteiger partial charge in [0.25, 0.3) is 0 Å². The first-order valence-electron chi connectivity index (χ1n) is 6.15. The molecule has 2 N–H and O–H groups in total. The quantitative estimate of drug-likeness (QED) is 0.785. The highest BCUT2D eigenvalue weighted by Crippen LogP contribution is 2.29. The molecule has 1 aliphatic rings. The van der Waals surface area contributed by atoms with E-state index in [4.69, 9.17) is 5.11 Å². The van der Waals surface area contributed by atoms with Crippen molar-refractivity contribution in [3.8, 4) is 0 Å². The number of rotatable bonds is 4. The summed E-state index contributed by atoms with van der Waals surface area (Å²) in [4.78, 5) is 23.6. The predicted molar refractivity (Wildman–Crippen MR) is 64.8 cm³/mol. The zero-order valence-electron chi connectivity index (χ0n) is 10.8. The van der Waals surface area contributed by atoms with Gasteiger partial charge in [0.15, 0.2) is 0 Å². The summed E-state index contributed by atoms with van der Waals surface area (Å²) in [5.74, 6) is 0.298. The topological polar surface area (TPSA) is 69.6 Å². The van der Waals surface area contributed by atoms with Crippen LogP contribution in [-0.2, 0) is 4.79 Å². The van der Waals surface area contributed by atoms with E-state index >= 15 is 0 Å². The van der Waals surface area contributed by atoms with Crippen LogP contribution in [0.5, 0.6) is 0 Å². The molecule has 2 amide bonds. The predicted octanol–water partition coefficient (Wildman–Crippen LogP) is 1.54. The van der Waals surface area contributed by atoms with Crippen LogP contribution in [-0.4, -0.2) is 41.6 Å². The molecule has 0 radical (unpaired) electrons. The average Bonchev–Trinajstić information content (AvgIpc) is 2.69. The van der Waals surface area contributed by atoms with E-state index < -0.39 is 12.0 Å². The molecular weight excluding hydrogens is 220 g/mol. The van der Waals surface area contributed by atoms with Crippen LogP contribution in [0.15, 0.2) is 0 Å². The summed E-state index contributed by atoms with van der Waals surface area (Å²) in [5.41, 5.74) is 0. The second kappa shape index (κ2) is 5.89. The lowest BCUT2D eigenvalue weighted by Gasteiger charge is -2.22. The minimum Gasteiger partial charge on any atom is -0.480 e. The lowest BCUT2D eigenvalue weighted by molar-refractivity contribution is -0.141. The molecule has 3 atom stereocenters. The van der Waals surface area contributed by atoms with Gasteiger partial charge >= 0.3 is 12.0 Å². The van der Waals surface area contributed by atoms with Crippen molar-refractivity contribution in [3.63, 3.8) is 0 Å². The van der Waals surface area contributed by atoms with Gasteiger partial charge in [-0.15, -0.1) is 0 Å². The number of nitrogens with zero attached hydrogens (tertiary/aromatic N) is 1. The fourth-order valence-corrected chi connectivity index (χ4v) is 2.21. The minimum absolute atomic E-state index is 0.306. The lowest BCUT2D eigenvalue weighted by atomic mass is 10.1. The second-order valence-corrected chi connectivity index (χ2v) is 5.10. The molecule has 0 aromatic carbocycles. The molecule has 1 saturated carbocycles. The van der Waals surface area contributed by atoms with Crippen LogP contribution in [0.25, 0.3) is 0 Å². The number of carbonyl (C=O) groups is 2. The van der Waals surface area contributed by atoms with Crippen LogP contribution in [0, 0.1) is 11.8 Å². The molecule has 0 heterocycles. The molecule has 1 fully saturated rings. The number of carbonyl (C=O) groups excluding carboxylic acids is 1. The highest BCUT2D eigenvalue weighted by Gasteiger charge is 2.24. The number of amides is 2. The van der Waals surface area contributed by atoms with Gasteiger partial charge in [0.2, 0.25) is 0 Å². The number of hydrogen-bond donors (Lipinski definition) is 2. The fourth-order valence-electron chi connectivity index (χ4n) is 2.21. The van der Waals surface area contributed by atoms with Crippen molar-refractivity contribution in [2.24, 2.45) is 11.8 Å². The molecule has 98 valence electrons. The first kappa shape index (κ1) is 13.8. The Kier molecular flexibility index (Phi) is 4.78. The summed E-state index contributed by atoms with van der Waals surface area (Å²) in [5, 5.41) is 11.6. The molecule has 0 spiro atoms. The Bertz CT molecular complexity index is 293. The third-order valence-electron chi connectivity index (χ3n) is 3.60. The Balaban J connectivity index is 2.31. The molecule has 1 rings (SSSR count). The smallest absolute Gasteiger partial charge is 0.326 e. The van der Waals surface area contributed by atoms with E-state index in [9.17, 15) is 9.59 Å². The minimum atomic E-state index is -0.989. The number of nitrogens with one attached hydrogen (secondary N) is 1. The Morgan fingerprint density at radius 2 is 2.12 bits per heavy atom. The van der Waals surface area contributed by atoms with Crippen molar-refractivity contribution in [2.45, 2.75) is 39.2 Å². The van der Waals surface area contributed by atoms with Crippen molar-refractivity contribution >= 4 is 12.0 Å². The summed E-state index contributed by atoms with van der Waals surface area (Å²) in [7, 11) is 1.51. The largest absolute Gasteiger partial charge is 0.480 e. The lowest BCUT2D eigenvalue weighted by Crippen LogP contribution is -2.46. The first-order chi connectivity index (χ1) is 7.91. The van der Waals surface area contributed by atoms with Gasteiger partial charge < -0.3 is 15.3 Å². The molecular formula is C12H22N2O3. The van der Waals surface area contributed by atoms with Gasteiger partial charge in [0, 0.05) is 13.6 Å². The highest BCUT2D eigenvalue weighted by molar-refractivity contribution is 5.82. The summed E-state index contributed by atoms with van der Waals surface area (Å²) in [6.45, 7) is 4.37. The third-order valence-corrected chi connectivity index (χ3v) is 3.60. The van der Waals surface area contributed by atoms with Crippen molar-refractivity contribution in [3.05, 3.63) is 0 Å². The highest BCUT2D eigenvalue weighted by atomic mass is 16.4. The number of aliphatic carboxylic acids is 1. The number of likely N-dealkylation sites (N-methyl/N-ethyl adjacent to an activating group) is 1. The molecule has 17 heavy (non-hydrogen) atoms. The maximum atomic E-state index is 11.7. The summed E-state index contributed by atoms with van der Waals surface area (Å²) in [6.07, 6.45) is 3.53. The van der Waals surface area contributed by atoms with E-state index in [-0.39, 0.29) is 6.03 Å². The summed E-state index contributed by atoms with van der Waals surface area (Å²) in [6, 6.07) is -1.10. The van der Waals surface area contributed by atoms with E-state index in [1.54, 1.807) is 0 Å². The Morgan fingerprint density at radius 1 is 1.47 bits per heavy atom. The third kappa shape index (κ3) is 3.91. The molecule has 3 unspecified atom stereocenters. The van der Waals surface area contributed by atoms with Crippen LogP contribution < -0.4 is 5.32 Å². The molecule has 5 heteroatoms. The molecule has 0 bridgehead atoms. The normalized spacial score (nSPS) is 25.4. The van der Waals surface area contributed by atoms with Gasteiger partial charge in [-0.2, -0.15) is 0 Å². The summed E-state index contributed by atoms with van der Waals surface area (Å²) < 4.78 is 0. The summed E-state index contributed by atoms with van der Waals surface area (Å²) >= 11 is 0. The van der Waals surface area contributed by atoms with Crippen molar-refractivity contribution in [2.75, 3.05) is 13.6 Å². The van der Waals surface area contributed by atoms with Gasteiger partial charge in [-0.25, -0.2) is 9.59 Å². The van der Waals surface area contributed by atoms with Crippen LogP contribution >= 0.6 is 0 Å². The molecule has 0 saturated heterocycles. The molecule has 0 aliphatic heterocycles. The maximum Gasteiger partial charge on any atom is 0.326 e. The number of urea groups is 1. The monoisotopic (exact) mass is 242 g/mol. The zero-order chi connectivity index (χ0) is 13.0. The zero-order valence-corrected chi connectivity index (χ0v) is 10.8. The second-order valence-electron chi connectivity index (χ2n) is 5.10. The number of carboxylic acids is 1. The van der Waals surface area contributed by atoms with Crippen molar-refractivity contribution < 1.29 is 14.7 Å². The van der Waals surface area contributed by atoms with E-state index in [1.807, 2.05) is 0 Å². The maximum absolute atomic E-state index is 11.7. The van der Waals surface area contributed by atoms with Crippen LogP contribution in [0.4, 0.5) is 4.79 Å². The van der Waals surface area contributed by atoms with E-state index in [0.717, 1.165) is 18.8 Å².